The molecule has 1 saturated carbocycles. The molecule has 0 atom stereocenters. The second-order valence-corrected chi connectivity index (χ2v) is 8.09. The van der Waals surface area contributed by atoms with Crippen molar-refractivity contribution >= 4 is 28.4 Å². The minimum absolute atomic E-state index is 0.233. The highest BCUT2D eigenvalue weighted by atomic mass is 32.2. The van der Waals surface area contributed by atoms with Crippen molar-refractivity contribution in [1.29, 1.82) is 0 Å². The Morgan fingerprint density at radius 2 is 2.14 bits per heavy atom. The lowest BCUT2D eigenvalue weighted by Crippen LogP contribution is -2.20. The van der Waals surface area contributed by atoms with Gasteiger partial charge in [-0.05, 0) is 18.9 Å². The molecule has 9 nitrogen and oxygen atoms in total. The highest BCUT2D eigenvalue weighted by Gasteiger charge is 2.21. The maximum atomic E-state index is 13.1. The fourth-order valence-electron chi connectivity index (χ4n) is 3.78. The Morgan fingerprint density at radius 3 is 2.97 bits per heavy atom. The first-order valence-corrected chi connectivity index (χ1v) is 10.7. The summed E-state index contributed by atoms with van der Waals surface area (Å²) in [5, 5.41) is 12.7. The molecule has 0 spiro atoms. The number of hydrogen-bond acceptors (Lipinski definition) is 7. The fourth-order valence-corrected chi connectivity index (χ4v) is 4.31. The predicted molar refractivity (Wildman–Crippen MR) is 111 cm³/mol. The summed E-state index contributed by atoms with van der Waals surface area (Å²) in [4.78, 5) is 26.4. The van der Waals surface area contributed by atoms with Crippen LogP contribution >= 0.6 is 11.8 Å². The molecule has 148 valence electrons. The van der Waals surface area contributed by atoms with E-state index >= 15 is 0 Å². The van der Waals surface area contributed by atoms with Gasteiger partial charge in [-0.15, -0.1) is 16.8 Å². The quantitative estimate of drug-likeness (QED) is 0.400. The van der Waals surface area contributed by atoms with E-state index in [-0.39, 0.29) is 5.56 Å². The van der Waals surface area contributed by atoms with Gasteiger partial charge in [-0.25, -0.2) is 10.1 Å². The Balaban J connectivity index is 1.56. The molecule has 10 heteroatoms. The van der Waals surface area contributed by atoms with Gasteiger partial charge in [0.05, 0.1) is 10.9 Å². The summed E-state index contributed by atoms with van der Waals surface area (Å²) in [6.07, 6.45) is 10.9. The molecule has 1 N–H and O–H groups in total. The minimum atomic E-state index is -0.233. The summed E-state index contributed by atoms with van der Waals surface area (Å²) in [5.74, 6) is 2.79. The van der Waals surface area contributed by atoms with Crippen LogP contribution in [0.25, 0.3) is 22.6 Å². The smallest absolute Gasteiger partial charge is 0.268 e. The zero-order chi connectivity index (χ0) is 19.8. The number of aromatic amines is 1. The number of hydrogen-bond donors (Lipinski definition) is 1. The third kappa shape index (κ3) is 3.23. The molecule has 1 aliphatic rings. The van der Waals surface area contributed by atoms with E-state index in [4.69, 9.17) is 5.10 Å². The monoisotopic (exact) mass is 408 g/mol. The Kier molecular flexibility index (Phi) is 4.62. The Labute approximate surface area is 170 Å². The third-order valence-corrected chi connectivity index (χ3v) is 6.08. The summed E-state index contributed by atoms with van der Waals surface area (Å²) >= 11 is 1.44. The predicted octanol–water partition coefficient (Wildman–Crippen LogP) is 2.87. The SMILES string of the molecule is C=CCSc1n[nH]c(-n2ccc3c(cnc4nc(C5CCCCC5)nn43)c2=O)n1. The van der Waals surface area contributed by atoms with Crippen LogP contribution in [-0.4, -0.2) is 45.1 Å². The summed E-state index contributed by atoms with van der Waals surface area (Å²) in [6, 6.07) is 1.84. The average molecular weight is 408 g/mol. The van der Waals surface area contributed by atoms with E-state index < -0.39 is 0 Å². The molecule has 0 aliphatic heterocycles. The van der Waals surface area contributed by atoms with Crippen LogP contribution in [0.15, 0.2) is 41.1 Å². The largest absolute Gasteiger partial charge is 0.268 e. The van der Waals surface area contributed by atoms with E-state index in [1.165, 1.54) is 35.6 Å². The number of nitrogens with zero attached hydrogens (tertiary/aromatic N) is 7. The van der Waals surface area contributed by atoms with E-state index in [1.807, 2.05) is 6.07 Å². The van der Waals surface area contributed by atoms with Gasteiger partial charge in [0.1, 0.15) is 0 Å². The number of pyridine rings is 1. The lowest BCUT2D eigenvalue weighted by atomic mass is 9.89. The van der Waals surface area contributed by atoms with E-state index in [0.29, 0.717) is 39.5 Å². The van der Waals surface area contributed by atoms with Gasteiger partial charge in [-0.2, -0.15) is 14.5 Å². The lowest BCUT2D eigenvalue weighted by Gasteiger charge is -2.17. The zero-order valence-corrected chi connectivity index (χ0v) is 16.6. The normalized spacial score (nSPS) is 15.3. The number of rotatable bonds is 5. The van der Waals surface area contributed by atoms with Crippen LogP contribution in [0, 0.1) is 0 Å². The molecule has 0 unspecified atom stereocenters. The van der Waals surface area contributed by atoms with Crippen LogP contribution in [0.2, 0.25) is 0 Å². The average Bonchev–Trinajstić information content (AvgIpc) is 3.40. The maximum Gasteiger partial charge on any atom is 0.268 e. The first-order valence-electron chi connectivity index (χ1n) is 9.68. The van der Waals surface area contributed by atoms with Crippen molar-refractivity contribution in [2.75, 3.05) is 5.75 Å². The van der Waals surface area contributed by atoms with Crippen molar-refractivity contribution in [3.63, 3.8) is 0 Å². The van der Waals surface area contributed by atoms with Crippen LogP contribution in [0.3, 0.4) is 0 Å². The van der Waals surface area contributed by atoms with Crippen LogP contribution in [0.5, 0.6) is 0 Å². The fraction of sp³-hybridized carbons (Fsp3) is 0.368. The van der Waals surface area contributed by atoms with Crippen molar-refractivity contribution in [3.8, 4) is 5.95 Å². The molecule has 0 aromatic carbocycles. The van der Waals surface area contributed by atoms with E-state index in [2.05, 4.69) is 31.7 Å². The topological polar surface area (TPSA) is 107 Å². The highest BCUT2D eigenvalue weighted by molar-refractivity contribution is 7.99. The first kappa shape index (κ1) is 18.0. The zero-order valence-electron chi connectivity index (χ0n) is 15.8. The maximum absolute atomic E-state index is 13.1. The second-order valence-electron chi connectivity index (χ2n) is 7.11. The van der Waals surface area contributed by atoms with Gasteiger partial charge < -0.3 is 0 Å². The number of fused-ring (bicyclic) bond motifs is 3. The molecule has 4 aromatic heterocycles. The van der Waals surface area contributed by atoms with Gasteiger partial charge in [-0.3, -0.25) is 9.36 Å². The molecule has 0 amide bonds. The standard InChI is InChI=1S/C19H20N8OS/c1-2-10-29-19-22-18(23-24-19)26-9-8-14-13(16(26)28)11-20-17-21-15(25-27(14)17)12-6-4-3-5-7-12/h2,8-9,11-12H,1,3-7,10H2,(H,22,23,24). The van der Waals surface area contributed by atoms with Gasteiger partial charge >= 0.3 is 0 Å². The number of H-pyrrole nitrogens is 1. The minimum Gasteiger partial charge on any atom is -0.268 e. The molecule has 0 radical (unpaired) electrons. The van der Waals surface area contributed by atoms with Crippen molar-refractivity contribution in [2.45, 2.75) is 43.2 Å². The van der Waals surface area contributed by atoms with Crippen molar-refractivity contribution in [2.24, 2.45) is 0 Å². The molecule has 0 saturated heterocycles. The van der Waals surface area contributed by atoms with E-state index in [1.54, 1.807) is 23.0 Å². The molecular formula is C19H20N8OS. The number of thioether (sulfide) groups is 1. The number of nitrogens with one attached hydrogen (secondary N) is 1. The Bertz CT molecular complexity index is 1250. The summed E-state index contributed by atoms with van der Waals surface area (Å²) in [7, 11) is 0. The van der Waals surface area contributed by atoms with Crippen LogP contribution < -0.4 is 5.56 Å². The Hall–Kier alpha value is -3.01. The molecule has 5 rings (SSSR count). The van der Waals surface area contributed by atoms with Gasteiger partial charge in [0.25, 0.3) is 11.3 Å². The molecular weight excluding hydrogens is 388 g/mol. The van der Waals surface area contributed by atoms with Crippen LogP contribution in [0.4, 0.5) is 0 Å². The summed E-state index contributed by atoms with van der Waals surface area (Å²) in [5.41, 5.74) is 0.453. The van der Waals surface area contributed by atoms with E-state index in [9.17, 15) is 4.79 Å². The van der Waals surface area contributed by atoms with Crippen molar-refractivity contribution in [3.05, 3.63) is 47.3 Å². The number of aromatic nitrogens is 8. The molecule has 4 heterocycles. The van der Waals surface area contributed by atoms with Crippen molar-refractivity contribution < 1.29 is 0 Å². The molecule has 0 bridgehead atoms. The van der Waals surface area contributed by atoms with Gasteiger partial charge in [-0.1, -0.05) is 37.1 Å². The third-order valence-electron chi connectivity index (χ3n) is 5.23. The first-order chi connectivity index (χ1) is 14.2. The molecule has 1 fully saturated rings. The Morgan fingerprint density at radius 1 is 1.28 bits per heavy atom. The second kappa shape index (κ2) is 7.43. The summed E-state index contributed by atoms with van der Waals surface area (Å²) < 4.78 is 3.11. The lowest BCUT2D eigenvalue weighted by molar-refractivity contribution is 0.429. The van der Waals surface area contributed by atoms with Crippen molar-refractivity contribution in [1.82, 2.24) is 39.3 Å². The highest BCUT2D eigenvalue weighted by Crippen LogP contribution is 2.31. The van der Waals surface area contributed by atoms with Gasteiger partial charge in [0, 0.05) is 24.1 Å². The van der Waals surface area contributed by atoms with Gasteiger partial charge in [0.15, 0.2) is 5.82 Å². The van der Waals surface area contributed by atoms with E-state index in [0.717, 1.165) is 18.7 Å². The molecule has 1 aliphatic carbocycles. The van der Waals surface area contributed by atoms with Crippen LogP contribution in [-0.2, 0) is 0 Å². The molecule has 4 aromatic rings. The molecule has 29 heavy (non-hydrogen) atoms. The van der Waals surface area contributed by atoms with Gasteiger partial charge in [0.2, 0.25) is 11.1 Å². The summed E-state index contributed by atoms with van der Waals surface area (Å²) in [6.45, 7) is 3.68. The van der Waals surface area contributed by atoms with Crippen LogP contribution in [0.1, 0.15) is 43.8 Å².